The molecule has 12 heteroatoms. The first-order chi connectivity index (χ1) is 29.1. The number of phosphoric ester groups is 1. The first-order valence-electron chi connectivity index (χ1n) is 21.6. The Bertz CT molecular complexity index is 1470. The van der Waals surface area contributed by atoms with Crippen molar-refractivity contribution in [2.45, 2.75) is 142 Å². The number of phosphoric acid groups is 1. The molecule has 0 aromatic heterocycles. The number of carboxylic acids is 1. The summed E-state index contributed by atoms with van der Waals surface area (Å²) < 4.78 is 26.7. The van der Waals surface area contributed by atoms with Crippen LogP contribution < -0.4 is 5.32 Å². The van der Waals surface area contributed by atoms with Gasteiger partial charge in [-0.3, -0.25) is 18.6 Å². The van der Waals surface area contributed by atoms with Crippen LogP contribution in [0.1, 0.15) is 129 Å². The zero-order valence-electron chi connectivity index (χ0n) is 36.2. The maximum absolute atomic E-state index is 12.3. The number of rotatable bonds is 38. The molecule has 0 aliphatic carbocycles. The lowest BCUT2D eigenvalue weighted by Crippen LogP contribution is -2.43. The highest BCUT2D eigenvalue weighted by Crippen LogP contribution is 2.43. The predicted octanol–water partition coefficient (Wildman–Crippen LogP) is 11.2. The van der Waals surface area contributed by atoms with E-state index >= 15 is 0 Å². The van der Waals surface area contributed by atoms with Crippen molar-refractivity contribution in [3.8, 4) is 0 Å². The summed E-state index contributed by atoms with van der Waals surface area (Å²) in [4.78, 5) is 45.8. The molecule has 0 aliphatic heterocycles. The Morgan fingerprint density at radius 1 is 0.550 bits per heavy atom. The van der Waals surface area contributed by atoms with Crippen LogP contribution in [0.25, 0.3) is 0 Å². The second-order valence-corrected chi connectivity index (χ2v) is 15.2. The summed E-state index contributed by atoms with van der Waals surface area (Å²) in [6.07, 6.45) is 55.4. The lowest BCUT2D eigenvalue weighted by Gasteiger charge is -2.18. The van der Waals surface area contributed by atoms with E-state index in [-0.39, 0.29) is 12.8 Å². The average molecular weight is 856 g/mol. The molecule has 11 nitrogen and oxygen atoms in total. The molecule has 0 aliphatic rings. The highest BCUT2D eigenvalue weighted by Gasteiger charge is 2.28. The van der Waals surface area contributed by atoms with E-state index in [1.807, 2.05) is 18.2 Å². The van der Waals surface area contributed by atoms with Gasteiger partial charge in [0.15, 0.2) is 6.04 Å². The van der Waals surface area contributed by atoms with Gasteiger partial charge >= 0.3 is 19.8 Å². The third kappa shape index (κ3) is 40.7. The Balaban J connectivity index is 4.08. The standard InChI is InChI=1S/C48H74NO10P/c1-3-5-7-9-11-13-15-17-19-20-21-22-23-24-26-28-30-32-34-36-38-40-47(52)57-41-44(50)42-58-60(55,56)59-43-45(48(53)54)49-46(51)39-37-35-33-31-29-27-25-18-16-14-12-10-8-6-4-2/h5-8,11-14,17-19,21-22,24-26,30,32,36,38,44-45,50H,3-4,9-10,15-16,20,23,27-29,31,33-35,37,39-43H2,1-2H3,(H,49,51)(H,53,54)(H,55,56)/b7-5-,8-6-,13-11-,14-12-,19-17-,22-21-,25-18-,26-24-,32-30-,38-36-. The fourth-order valence-corrected chi connectivity index (χ4v) is 5.77. The Labute approximate surface area is 360 Å². The van der Waals surface area contributed by atoms with E-state index in [1.165, 1.54) is 0 Å². The van der Waals surface area contributed by atoms with Crippen molar-refractivity contribution >= 4 is 25.7 Å². The van der Waals surface area contributed by atoms with E-state index in [0.29, 0.717) is 12.8 Å². The van der Waals surface area contributed by atoms with Crippen LogP contribution in [0, 0.1) is 0 Å². The van der Waals surface area contributed by atoms with Crippen LogP contribution >= 0.6 is 7.82 Å². The second kappa shape index (κ2) is 41.6. The zero-order valence-corrected chi connectivity index (χ0v) is 37.1. The number of nitrogens with one attached hydrogen (secondary N) is 1. The van der Waals surface area contributed by atoms with Crippen molar-refractivity contribution < 1.29 is 47.8 Å². The summed E-state index contributed by atoms with van der Waals surface area (Å²) in [6, 6.07) is -1.57. The van der Waals surface area contributed by atoms with E-state index in [4.69, 9.17) is 13.8 Å². The van der Waals surface area contributed by atoms with Crippen molar-refractivity contribution in [3.05, 3.63) is 122 Å². The number of aliphatic hydroxyl groups excluding tert-OH is 1. The number of carbonyl (C=O) groups is 3. The van der Waals surface area contributed by atoms with Gasteiger partial charge in [-0.25, -0.2) is 9.36 Å². The number of unbranched alkanes of at least 4 members (excludes halogenated alkanes) is 5. The highest BCUT2D eigenvalue weighted by atomic mass is 31.2. The van der Waals surface area contributed by atoms with Gasteiger partial charge in [-0.1, -0.05) is 155 Å². The van der Waals surface area contributed by atoms with Gasteiger partial charge in [0, 0.05) is 6.42 Å². The second-order valence-electron chi connectivity index (χ2n) is 13.8. The summed E-state index contributed by atoms with van der Waals surface area (Å²) in [7, 11) is -4.79. The molecule has 4 N–H and O–H groups in total. The Morgan fingerprint density at radius 3 is 1.42 bits per heavy atom. The molecule has 60 heavy (non-hydrogen) atoms. The quantitative estimate of drug-likeness (QED) is 0.0203. The molecule has 0 radical (unpaired) electrons. The monoisotopic (exact) mass is 856 g/mol. The normalized spacial score (nSPS) is 14.9. The number of hydrogen-bond acceptors (Lipinski definition) is 8. The molecule has 0 bridgehead atoms. The minimum atomic E-state index is -4.79. The van der Waals surface area contributed by atoms with Crippen LogP contribution in [-0.4, -0.2) is 64.9 Å². The molecule has 0 spiro atoms. The molecule has 3 unspecified atom stereocenters. The van der Waals surface area contributed by atoms with Gasteiger partial charge in [0.05, 0.1) is 19.6 Å². The van der Waals surface area contributed by atoms with Gasteiger partial charge in [-0.2, -0.15) is 0 Å². The highest BCUT2D eigenvalue weighted by molar-refractivity contribution is 7.47. The van der Waals surface area contributed by atoms with Crippen molar-refractivity contribution in [3.63, 3.8) is 0 Å². The molecule has 0 fully saturated rings. The van der Waals surface area contributed by atoms with Crippen molar-refractivity contribution in [1.29, 1.82) is 0 Å². The van der Waals surface area contributed by atoms with E-state index in [9.17, 15) is 34.1 Å². The topological polar surface area (TPSA) is 169 Å². The molecule has 0 heterocycles. The molecular formula is C48H74NO10P. The van der Waals surface area contributed by atoms with Gasteiger partial charge in [-0.05, 0) is 83.5 Å². The Hall–Kier alpha value is -4.12. The molecule has 0 rings (SSSR count). The lowest BCUT2D eigenvalue weighted by molar-refractivity contribution is -0.146. The van der Waals surface area contributed by atoms with Crippen molar-refractivity contribution in [1.82, 2.24) is 5.32 Å². The Kier molecular flexibility index (Phi) is 38.8. The molecule has 1 amide bonds. The maximum atomic E-state index is 12.3. The number of amides is 1. The van der Waals surface area contributed by atoms with E-state index < -0.39 is 57.6 Å². The molecule has 0 saturated heterocycles. The molecule has 0 aromatic carbocycles. The van der Waals surface area contributed by atoms with Gasteiger partial charge in [0.2, 0.25) is 5.91 Å². The van der Waals surface area contributed by atoms with Crippen LogP contribution in [0.3, 0.4) is 0 Å². The van der Waals surface area contributed by atoms with Gasteiger partial charge < -0.3 is 25.2 Å². The number of aliphatic carboxylic acids is 1. The number of esters is 1. The number of aliphatic hydroxyl groups is 1. The van der Waals surface area contributed by atoms with Crippen LogP contribution in [-0.2, 0) is 32.7 Å². The van der Waals surface area contributed by atoms with E-state index in [2.05, 4.69) is 116 Å². The fourth-order valence-electron chi connectivity index (χ4n) is 5.00. The minimum Gasteiger partial charge on any atom is -0.480 e. The van der Waals surface area contributed by atoms with Crippen molar-refractivity contribution in [2.24, 2.45) is 0 Å². The Morgan fingerprint density at radius 2 is 0.950 bits per heavy atom. The molecule has 3 atom stereocenters. The van der Waals surface area contributed by atoms with E-state index in [0.717, 1.165) is 89.9 Å². The van der Waals surface area contributed by atoms with Gasteiger partial charge in [0.25, 0.3) is 0 Å². The third-order valence-electron chi connectivity index (χ3n) is 8.28. The smallest absolute Gasteiger partial charge is 0.472 e. The van der Waals surface area contributed by atoms with Crippen molar-refractivity contribution in [2.75, 3.05) is 19.8 Å². The first kappa shape index (κ1) is 55.9. The average Bonchev–Trinajstić information content (AvgIpc) is 3.22. The number of carbonyl (C=O) groups excluding carboxylic acids is 2. The maximum Gasteiger partial charge on any atom is 0.472 e. The summed E-state index contributed by atoms with van der Waals surface area (Å²) in [5, 5.41) is 21.8. The number of carboxylic acid groups (broad SMARTS) is 1. The summed E-state index contributed by atoms with van der Waals surface area (Å²) in [5.41, 5.74) is 0. The zero-order chi connectivity index (χ0) is 44.2. The van der Waals surface area contributed by atoms with Crippen LogP contribution in [0.5, 0.6) is 0 Å². The molecular weight excluding hydrogens is 781 g/mol. The molecule has 336 valence electrons. The first-order valence-corrected chi connectivity index (χ1v) is 23.1. The van der Waals surface area contributed by atoms with Gasteiger partial charge in [0.1, 0.15) is 12.7 Å². The minimum absolute atomic E-state index is 0.0195. The summed E-state index contributed by atoms with van der Waals surface area (Å²) in [6.45, 7) is 2.22. The number of hydrogen-bond donors (Lipinski definition) is 4. The largest absolute Gasteiger partial charge is 0.480 e. The van der Waals surface area contributed by atoms with Crippen LogP contribution in [0.15, 0.2) is 122 Å². The van der Waals surface area contributed by atoms with Crippen LogP contribution in [0.2, 0.25) is 0 Å². The van der Waals surface area contributed by atoms with E-state index in [1.54, 1.807) is 6.08 Å². The third-order valence-corrected chi connectivity index (χ3v) is 9.23. The number of ether oxygens (including phenoxy) is 1. The summed E-state index contributed by atoms with van der Waals surface area (Å²) >= 11 is 0. The number of allylic oxidation sites excluding steroid dienone is 19. The van der Waals surface area contributed by atoms with Gasteiger partial charge in [-0.15, -0.1) is 0 Å². The fraction of sp³-hybridized carbons (Fsp3) is 0.521. The SMILES string of the molecule is CC/C=C\C/C=C\C/C=C\C/C=C\C/C=C\C/C=C\C/C=C\CC(=O)OCC(O)COP(=O)(O)OCC(NC(=O)CCCCCCC/C=C\C/C=C\C/C=C\CC)C(=O)O. The molecule has 0 aromatic rings. The molecule has 0 saturated carbocycles. The lowest BCUT2D eigenvalue weighted by atomic mass is 10.1. The summed E-state index contributed by atoms with van der Waals surface area (Å²) in [5.74, 6) is -2.56. The predicted molar refractivity (Wildman–Crippen MR) is 244 cm³/mol. The van der Waals surface area contributed by atoms with Crippen LogP contribution in [0.4, 0.5) is 0 Å².